The Morgan fingerprint density at radius 2 is 2.12 bits per heavy atom. The first-order valence-corrected chi connectivity index (χ1v) is 6.59. The van der Waals surface area contributed by atoms with Crippen molar-refractivity contribution < 1.29 is 17.9 Å². The second-order valence-electron chi connectivity index (χ2n) is 3.37. The van der Waals surface area contributed by atoms with Crippen LogP contribution < -0.4 is 5.73 Å². The zero-order valence-electron chi connectivity index (χ0n) is 8.44. The first-order valence-electron chi connectivity index (χ1n) is 4.32. The van der Waals surface area contributed by atoms with Gasteiger partial charge in [-0.25, -0.2) is 12.8 Å². The number of sulfone groups is 1. The van der Waals surface area contributed by atoms with Crippen molar-refractivity contribution in [3.63, 3.8) is 0 Å². The number of aliphatic hydroxyl groups is 1. The van der Waals surface area contributed by atoms with Crippen molar-refractivity contribution in [2.45, 2.75) is 10.9 Å². The van der Waals surface area contributed by atoms with Gasteiger partial charge in [-0.15, -0.1) is 0 Å². The van der Waals surface area contributed by atoms with E-state index in [1.54, 1.807) is 0 Å². The zero-order chi connectivity index (χ0) is 12.5. The van der Waals surface area contributed by atoms with E-state index < -0.39 is 26.6 Å². The van der Waals surface area contributed by atoms with Crippen molar-refractivity contribution in [2.75, 3.05) is 12.9 Å². The lowest BCUT2D eigenvalue weighted by atomic mass is 10.1. The number of aliphatic hydroxyl groups excluding tert-OH is 1. The largest absolute Gasteiger partial charge is 0.394 e. The van der Waals surface area contributed by atoms with Crippen molar-refractivity contribution in [2.24, 2.45) is 5.73 Å². The molecule has 0 aromatic heterocycles. The van der Waals surface area contributed by atoms with Gasteiger partial charge in [0.2, 0.25) is 0 Å². The summed E-state index contributed by atoms with van der Waals surface area (Å²) in [6, 6.07) is 1.41. The summed E-state index contributed by atoms with van der Waals surface area (Å²) in [7, 11) is -3.72. The molecule has 1 unspecified atom stereocenters. The van der Waals surface area contributed by atoms with Gasteiger partial charge in [0.25, 0.3) is 0 Å². The number of hydrogen-bond acceptors (Lipinski definition) is 4. The van der Waals surface area contributed by atoms with Crippen LogP contribution in [0, 0.1) is 5.82 Å². The summed E-state index contributed by atoms with van der Waals surface area (Å²) in [5, 5.41) is 8.56. The highest BCUT2D eigenvalue weighted by atomic mass is 35.5. The molecule has 0 aliphatic carbocycles. The minimum atomic E-state index is -3.72. The van der Waals surface area contributed by atoms with E-state index in [0.717, 1.165) is 12.3 Å². The van der Waals surface area contributed by atoms with Gasteiger partial charge < -0.3 is 10.8 Å². The van der Waals surface area contributed by atoms with Crippen molar-refractivity contribution >= 4 is 21.4 Å². The topological polar surface area (TPSA) is 80.4 Å². The highest BCUT2D eigenvalue weighted by molar-refractivity contribution is 7.90. The zero-order valence-corrected chi connectivity index (χ0v) is 10.0. The van der Waals surface area contributed by atoms with Crippen molar-refractivity contribution in [1.82, 2.24) is 0 Å². The second-order valence-corrected chi connectivity index (χ2v) is 5.73. The van der Waals surface area contributed by atoms with Gasteiger partial charge in [-0.05, 0) is 17.7 Å². The van der Waals surface area contributed by atoms with Gasteiger partial charge in [0, 0.05) is 6.26 Å². The molecule has 0 amide bonds. The Bertz CT molecular complexity index is 480. The number of halogens is 2. The normalized spacial score (nSPS) is 13.8. The Balaban J connectivity index is 3.40. The summed E-state index contributed by atoms with van der Waals surface area (Å²) in [6.07, 6.45) is 0.864. The van der Waals surface area contributed by atoms with Gasteiger partial charge in [-0.2, -0.15) is 0 Å². The van der Waals surface area contributed by atoms with Gasteiger partial charge in [0.05, 0.1) is 17.7 Å². The van der Waals surface area contributed by atoms with E-state index in [-0.39, 0.29) is 17.2 Å². The Kier molecular flexibility index (Phi) is 3.90. The lowest BCUT2D eigenvalue weighted by Gasteiger charge is -2.11. The Morgan fingerprint density at radius 1 is 1.56 bits per heavy atom. The van der Waals surface area contributed by atoms with E-state index in [1.807, 2.05) is 0 Å². The van der Waals surface area contributed by atoms with E-state index in [9.17, 15) is 12.8 Å². The smallest absolute Gasteiger partial charge is 0.179 e. The first kappa shape index (κ1) is 13.4. The Morgan fingerprint density at radius 3 is 2.50 bits per heavy atom. The predicted molar refractivity (Wildman–Crippen MR) is 58.5 cm³/mol. The molecule has 0 spiro atoms. The molecule has 0 heterocycles. The first-order chi connectivity index (χ1) is 7.27. The van der Waals surface area contributed by atoms with Crippen molar-refractivity contribution in [1.29, 1.82) is 0 Å². The minimum Gasteiger partial charge on any atom is -0.394 e. The lowest BCUT2D eigenvalue weighted by molar-refractivity contribution is 0.267. The van der Waals surface area contributed by atoms with E-state index in [2.05, 4.69) is 0 Å². The van der Waals surface area contributed by atoms with E-state index in [0.29, 0.717) is 0 Å². The van der Waals surface area contributed by atoms with Crippen LogP contribution in [-0.4, -0.2) is 26.4 Å². The summed E-state index contributed by atoms with van der Waals surface area (Å²) in [5.74, 6) is -0.964. The Labute approximate surface area is 97.8 Å². The minimum absolute atomic E-state index is 0.235. The SMILES string of the molecule is CS(=O)(=O)c1c(F)cc(C(N)CO)cc1Cl. The van der Waals surface area contributed by atoms with Crippen LogP contribution in [0.15, 0.2) is 17.0 Å². The van der Waals surface area contributed by atoms with E-state index in [4.69, 9.17) is 22.4 Å². The molecule has 0 fully saturated rings. The third kappa shape index (κ3) is 2.70. The van der Waals surface area contributed by atoms with E-state index in [1.165, 1.54) is 6.07 Å². The molecule has 0 bridgehead atoms. The molecular weight excluding hydrogens is 257 g/mol. The average molecular weight is 268 g/mol. The fraction of sp³-hybridized carbons (Fsp3) is 0.333. The van der Waals surface area contributed by atoms with Gasteiger partial charge >= 0.3 is 0 Å². The van der Waals surface area contributed by atoms with Crippen molar-refractivity contribution in [3.05, 3.63) is 28.5 Å². The summed E-state index contributed by atoms with van der Waals surface area (Å²) in [5.41, 5.74) is 5.71. The van der Waals surface area contributed by atoms with Crippen LogP contribution in [0.25, 0.3) is 0 Å². The van der Waals surface area contributed by atoms with Crippen molar-refractivity contribution in [3.8, 4) is 0 Å². The quantitative estimate of drug-likeness (QED) is 0.852. The standard InChI is InChI=1S/C9H11ClFNO3S/c1-16(14,15)9-6(10)2-5(3-7(9)11)8(12)4-13/h2-3,8,13H,4,12H2,1H3. The lowest BCUT2D eigenvalue weighted by Crippen LogP contribution is -2.15. The molecule has 0 radical (unpaired) electrons. The predicted octanol–water partition coefficient (Wildman–Crippen LogP) is 0.875. The van der Waals surface area contributed by atoms with Crippen LogP contribution in [0.1, 0.15) is 11.6 Å². The molecule has 0 saturated carbocycles. The second kappa shape index (κ2) is 4.67. The molecule has 0 aliphatic rings. The summed E-state index contributed by atoms with van der Waals surface area (Å²) in [6.45, 7) is -0.381. The van der Waals surface area contributed by atoms with E-state index >= 15 is 0 Å². The van der Waals surface area contributed by atoms with Crippen LogP contribution in [0.5, 0.6) is 0 Å². The maximum absolute atomic E-state index is 13.5. The number of nitrogens with two attached hydrogens (primary N) is 1. The molecule has 1 rings (SSSR count). The third-order valence-electron chi connectivity index (χ3n) is 2.02. The summed E-state index contributed by atoms with van der Waals surface area (Å²) in [4.78, 5) is -0.553. The fourth-order valence-electron chi connectivity index (χ4n) is 1.25. The summed E-state index contributed by atoms with van der Waals surface area (Å²) >= 11 is 5.66. The van der Waals surface area contributed by atoms with Crippen LogP contribution in [0.3, 0.4) is 0 Å². The highest BCUT2D eigenvalue weighted by Crippen LogP contribution is 2.27. The van der Waals surface area contributed by atoms with Gasteiger partial charge in [0.1, 0.15) is 10.7 Å². The molecule has 0 aliphatic heterocycles. The molecule has 16 heavy (non-hydrogen) atoms. The highest BCUT2D eigenvalue weighted by Gasteiger charge is 2.20. The van der Waals surface area contributed by atoms with Gasteiger partial charge in [0.15, 0.2) is 9.84 Å². The molecule has 7 heteroatoms. The van der Waals surface area contributed by atoms with Crippen LogP contribution >= 0.6 is 11.6 Å². The molecule has 1 atom stereocenters. The van der Waals surface area contributed by atoms with Crippen LogP contribution in [-0.2, 0) is 9.84 Å². The third-order valence-corrected chi connectivity index (χ3v) is 3.58. The average Bonchev–Trinajstić information content (AvgIpc) is 2.13. The maximum atomic E-state index is 13.5. The van der Waals surface area contributed by atoms with Crippen LogP contribution in [0.4, 0.5) is 4.39 Å². The molecule has 90 valence electrons. The van der Waals surface area contributed by atoms with Crippen LogP contribution in [0.2, 0.25) is 5.02 Å². The van der Waals surface area contributed by atoms with Gasteiger partial charge in [-0.1, -0.05) is 11.6 Å². The monoisotopic (exact) mass is 267 g/mol. The number of hydrogen-bond donors (Lipinski definition) is 2. The fourth-order valence-corrected chi connectivity index (χ4v) is 2.72. The molecule has 4 nitrogen and oxygen atoms in total. The Hall–Kier alpha value is -0.690. The molecule has 3 N–H and O–H groups in total. The maximum Gasteiger partial charge on any atom is 0.179 e. The molecule has 1 aromatic rings. The number of benzene rings is 1. The number of rotatable bonds is 3. The molecule has 0 saturated heterocycles. The summed E-state index contributed by atoms with van der Waals surface area (Å²) < 4.78 is 35.9. The molecular formula is C9H11ClFNO3S. The molecule has 1 aromatic carbocycles. The van der Waals surface area contributed by atoms with Gasteiger partial charge in [-0.3, -0.25) is 0 Å².